The second-order valence-electron chi connectivity index (χ2n) is 8.42. The van der Waals surface area contributed by atoms with E-state index in [0.717, 1.165) is 18.7 Å². The molecule has 1 aliphatic heterocycles. The number of benzene rings is 1. The number of nitrogens with one attached hydrogen (secondary N) is 1. The van der Waals surface area contributed by atoms with E-state index in [9.17, 15) is 13.2 Å². The summed E-state index contributed by atoms with van der Waals surface area (Å²) in [5.41, 5.74) is 1.12. The van der Waals surface area contributed by atoms with E-state index in [1.165, 1.54) is 4.31 Å². The molecule has 1 amide bonds. The fraction of sp³-hybridized carbons (Fsp3) is 0.682. The third-order valence-electron chi connectivity index (χ3n) is 5.84. The van der Waals surface area contributed by atoms with Crippen LogP contribution in [0.2, 0.25) is 0 Å². The number of hydrogen-bond donors (Lipinski definition) is 1. The van der Waals surface area contributed by atoms with Crippen molar-refractivity contribution in [2.45, 2.75) is 64.3 Å². The van der Waals surface area contributed by atoms with Gasteiger partial charge in [0.05, 0.1) is 4.90 Å². The summed E-state index contributed by atoms with van der Waals surface area (Å²) in [6.45, 7) is 13.8. The number of likely N-dealkylation sites (N-methyl/N-ethyl adjacent to an activating group) is 1. The van der Waals surface area contributed by atoms with Crippen LogP contribution >= 0.6 is 0 Å². The van der Waals surface area contributed by atoms with Gasteiger partial charge in [-0.05, 0) is 56.8 Å². The lowest BCUT2D eigenvalue weighted by Gasteiger charge is -2.31. The summed E-state index contributed by atoms with van der Waals surface area (Å²) in [5.74, 6) is 0.299. The highest BCUT2D eigenvalue weighted by Gasteiger charge is 2.32. The first-order chi connectivity index (χ1) is 13.7. The zero-order valence-corrected chi connectivity index (χ0v) is 19.3. The minimum atomic E-state index is -3.50. The van der Waals surface area contributed by atoms with Crippen molar-refractivity contribution in [1.82, 2.24) is 14.5 Å². The smallest absolute Gasteiger partial charge is 0.243 e. The van der Waals surface area contributed by atoms with Crippen LogP contribution in [0.15, 0.2) is 29.2 Å². The van der Waals surface area contributed by atoms with Gasteiger partial charge in [0.15, 0.2) is 0 Å². The lowest BCUT2D eigenvalue weighted by Crippen LogP contribution is -2.44. The molecule has 1 saturated heterocycles. The molecule has 2 rings (SSSR count). The molecule has 0 unspecified atom stereocenters. The van der Waals surface area contributed by atoms with Crippen LogP contribution < -0.4 is 5.32 Å². The van der Waals surface area contributed by atoms with Gasteiger partial charge in [-0.2, -0.15) is 4.31 Å². The molecule has 164 valence electrons. The largest absolute Gasteiger partial charge is 0.355 e. The van der Waals surface area contributed by atoms with Gasteiger partial charge in [-0.1, -0.05) is 32.9 Å². The van der Waals surface area contributed by atoms with Gasteiger partial charge < -0.3 is 5.32 Å². The molecule has 0 aliphatic carbocycles. The average molecular weight is 424 g/mol. The molecule has 1 N–H and O–H groups in total. The summed E-state index contributed by atoms with van der Waals surface area (Å²) in [7, 11) is -3.50. The van der Waals surface area contributed by atoms with Crippen molar-refractivity contribution in [3.63, 3.8) is 0 Å². The molecule has 0 bridgehead atoms. The molecule has 1 heterocycles. The Kier molecular flexibility index (Phi) is 8.67. The van der Waals surface area contributed by atoms with Gasteiger partial charge in [0, 0.05) is 38.1 Å². The van der Waals surface area contributed by atoms with Crippen molar-refractivity contribution in [2.75, 3.05) is 32.7 Å². The van der Waals surface area contributed by atoms with E-state index >= 15 is 0 Å². The maximum absolute atomic E-state index is 12.9. The third-order valence-corrected chi connectivity index (χ3v) is 7.76. The van der Waals surface area contributed by atoms with Crippen molar-refractivity contribution < 1.29 is 13.2 Å². The Morgan fingerprint density at radius 3 is 2.21 bits per heavy atom. The summed E-state index contributed by atoms with van der Waals surface area (Å²) in [6, 6.07) is 7.61. The fourth-order valence-electron chi connectivity index (χ4n) is 3.78. The lowest BCUT2D eigenvalue weighted by atomic mass is 9.97. The molecule has 1 aliphatic rings. The Bertz CT molecular complexity index is 752. The highest BCUT2D eigenvalue weighted by atomic mass is 32.2. The Labute approximate surface area is 176 Å². The Morgan fingerprint density at radius 2 is 1.72 bits per heavy atom. The van der Waals surface area contributed by atoms with Gasteiger partial charge in [0.25, 0.3) is 0 Å². The predicted octanol–water partition coefficient (Wildman–Crippen LogP) is 3.06. The molecule has 0 aromatic heterocycles. The summed E-state index contributed by atoms with van der Waals surface area (Å²) in [5, 5.41) is 3.03. The Balaban J connectivity index is 1.86. The number of carbonyl (C=O) groups is 1. The van der Waals surface area contributed by atoms with Crippen molar-refractivity contribution in [2.24, 2.45) is 5.92 Å². The third kappa shape index (κ3) is 6.27. The van der Waals surface area contributed by atoms with E-state index in [-0.39, 0.29) is 11.8 Å². The zero-order chi connectivity index (χ0) is 21.6. The average Bonchev–Trinajstić information content (AvgIpc) is 2.71. The van der Waals surface area contributed by atoms with Gasteiger partial charge in [-0.15, -0.1) is 0 Å². The first-order valence-electron chi connectivity index (χ1n) is 10.8. The van der Waals surface area contributed by atoms with Gasteiger partial charge in [-0.3, -0.25) is 9.69 Å². The maximum atomic E-state index is 12.9. The lowest BCUT2D eigenvalue weighted by molar-refractivity contribution is -0.126. The molecule has 0 spiro atoms. The second kappa shape index (κ2) is 10.5. The quantitative estimate of drug-likeness (QED) is 0.663. The molecule has 7 heteroatoms. The van der Waals surface area contributed by atoms with E-state index in [4.69, 9.17) is 0 Å². The van der Waals surface area contributed by atoms with Crippen LogP contribution in [0.3, 0.4) is 0 Å². The molecule has 29 heavy (non-hydrogen) atoms. The van der Waals surface area contributed by atoms with Crippen molar-refractivity contribution in [1.29, 1.82) is 0 Å². The van der Waals surface area contributed by atoms with Crippen LogP contribution in [-0.4, -0.2) is 62.3 Å². The second-order valence-corrected chi connectivity index (χ2v) is 10.4. The van der Waals surface area contributed by atoms with E-state index in [2.05, 4.69) is 44.8 Å². The number of nitrogens with zero attached hydrogens (tertiary/aromatic N) is 2. The molecular formula is C22H37N3O3S. The monoisotopic (exact) mass is 423 g/mol. The van der Waals surface area contributed by atoms with Gasteiger partial charge in [-0.25, -0.2) is 8.42 Å². The normalized spacial score (nSPS) is 16.7. The highest BCUT2D eigenvalue weighted by molar-refractivity contribution is 7.89. The summed E-state index contributed by atoms with van der Waals surface area (Å²) in [6.07, 6.45) is 1.13. The molecule has 1 aromatic rings. The van der Waals surface area contributed by atoms with E-state index < -0.39 is 10.0 Å². The van der Waals surface area contributed by atoms with Crippen LogP contribution in [0, 0.1) is 5.92 Å². The van der Waals surface area contributed by atoms with Crippen molar-refractivity contribution in [3.05, 3.63) is 29.8 Å². The fourth-order valence-corrected chi connectivity index (χ4v) is 5.25. The SMILES string of the molecule is CCN(CCNC(=O)C1CCN(S(=O)(=O)c2ccc(C(C)C)cc2)CC1)C(C)C. The van der Waals surface area contributed by atoms with E-state index in [1.807, 2.05) is 12.1 Å². The molecule has 0 saturated carbocycles. The van der Waals surface area contributed by atoms with Gasteiger partial charge in [0.2, 0.25) is 15.9 Å². The first kappa shape index (κ1) is 23.8. The highest BCUT2D eigenvalue weighted by Crippen LogP contribution is 2.25. The Morgan fingerprint density at radius 1 is 1.14 bits per heavy atom. The van der Waals surface area contributed by atoms with Crippen LogP contribution in [0.1, 0.15) is 58.9 Å². The number of rotatable bonds is 9. The van der Waals surface area contributed by atoms with Crippen LogP contribution in [0.4, 0.5) is 0 Å². The number of sulfonamides is 1. The molecule has 0 atom stereocenters. The van der Waals surface area contributed by atoms with Gasteiger partial charge >= 0.3 is 0 Å². The van der Waals surface area contributed by atoms with E-state index in [0.29, 0.717) is 49.3 Å². The maximum Gasteiger partial charge on any atom is 0.243 e. The van der Waals surface area contributed by atoms with Crippen LogP contribution in [0.5, 0.6) is 0 Å². The van der Waals surface area contributed by atoms with Crippen LogP contribution in [-0.2, 0) is 14.8 Å². The van der Waals surface area contributed by atoms with E-state index in [1.54, 1.807) is 12.1 Å². The molecule has 1 fully saturated rings. The number of piperidine rings is 1. The standard InChI is InChI=1S/C22H37N3O3S/c1-6-24(18(4)5)16-13-23-22(26)20-11-14-25(15-12-20)29(27,28)21-9-7-19(8-10-21)17(2)3/h7-10,17-18,20H,6,11-16H2,1-5H3,(H,23,26). The molecule has 0 radical (unpaired) electrons. The molecule has 6 nitrogen and oxygen atoms in total. The summed E-state index contributed by atoms with van der Waals surface area (Å²) in [4.78, 5) is 15.1. The molecular weight excluding hydrogens is 386 g/mol. The molecule has 1 aromatic carbocycles. The number of amides is 1. The van der Waals surface area contributed by atoms with Crippen LogP contribution in [0.25, 0.3) is 0 Å². The first-order valence-corrected chi connectivity index (χ1v) is 12.2. The van der Waals surface area contributed by atoms with Crippen molar-refractivity contribution >= 4 is 15.9 Å². The number of hydrogen-bond acceptors (Lipinski definition) is 4. The van der Waals surface area contributed by atoms with Gasteiger partial charge in [0.1, 0.15) is 0 Å². The minimum Gasteiger partial charge on any atom is -0.355 e. The van der Waals surface area contributed by atoms with Crippen molar-refractivity contribution in [3.8, 4) is 0 Å². The topological polar surface area (TPSA) is 69.7 Å². The predicted molar refractivity (Wildman–Crippen MR) is 117 cm³/mol. The summed E-state index contributed by atoms with van der Waals surface area (Å²) >= 11 is 0. The summed E-state index contributed by atoms with van der Waals surface area (Å²) < 4.78 is 27.3. The Hall–Kier alpha value is -1.44. The zero-order valence-electron chi connectivity index (χ0n) is 18.5. The minimum absolute atomic E-state index is 0.0446. The number of carbonyl (C=O) groups excluding carboxylic acids is 1.